The van der Waals surface area contributed by atoms with Crippen molar-refractivity contribution in [3.63, 3.8) is 0 Å². The minimum Gasteiger partial charge on any atom is -0.504 e. The van der Waals surface area contributed by atoms with Crippen LogP contribution in [0.5, 0.6) is 11.5 Å². The molecule has 2 aromatic rings. The molecule has 0 aliphatic heterocycles. The number of aryl methyl sites for hydroxylation is 1. The number of hydrogen-bond donors (Lipinski definition) is 2. The number of rotatable bonds is 4. The minimum absolute atomic E-state index is 0.0680. The van der Waals surface area contributed by atoms with Gasteiger partial charge in [-0.1, -0.05) is 13.8 Å². The van der Waals surface area contributed by atoms with E-state index in [2.05, 4.69) is 9.97 Å². The summed E-state index contributed by atoms with van der Waals surface area (Å²) in [5.74, 6) is 1.04. The third-order valence-electron chi connectivity index (χ3n) is 3.26. The summed E-state index contributed by atoms with van der Waals surface area (Å²) in [7, 11) is 0. The third kappa shape index (κ3) is 3.07. The van der Waals surface area contributed by atoms with Gasteiger partial charge in [0.2, 0.25) is 0 Å². The number of ether oxygens (including phenoxy) is 1. The number of aromatic hydroxyl groups is 1. The van der Waals surface area contributed by atoms with Crippen molar-refractivity contribution in [1.82, 2.24) is 9.97 Å². The highest BCUT2D eigenvalue weighted by atomic mass is 16.5. The molecule has 0 radical (unpaired) electrons. The lowest BCUT2D eigenvalue weighted by atomic mass is 10.0. The van der Waals surface area contributed by atoms with Crippen LogP contribution < -0.4 is 10.3 Å². The van der Waals surface area contributed by atoms with Gasteiger partial charge in [0.05, 0.1) is 6.61 Å². The summed E-state index contributed by atoms with van der Waals surface area (Å²) in [6.07, 6.45) is 0. The number of phenolic OH excluding ortho intramolecular Hbond substituents is 1. The van der Waals surface area contributed by atoms with Gasteiger partial charge in [0.25, 0.3) is 5.56 Å². The largest absolute Gasteiger partial charge is 0.504 e. The van der Waals surface area contributed by atoms with Gasteiger partial charge in [-0.15, -0.1) is 0 Å². The van der Waals surface area contributed by atoms with Crippen LogP contribution in [0, 0.1) is 6.92 Å². The molecule has 0 saturated heterocycles. The van der Waals surface area contributed by atoms with Crippen molar-refractivity contribution in [2.75, 3.05) is 6.61 Å². The summed E-state index contributed by atoms with van der Waals surface area (Å²) in [6.45, 7) is 8.05. The van der Waals surface area contributed by atoms with Crippen LogP contribution >= 0.6 is 0 Å². The normalized spacial score (nSPS) is 10.9. The second-order valence-electron chi connectivity index (χ2n) is 5.18. The van der Waals surface area contributed by atoms with E-state index in [0.717, 1.165) is 5.69 Å². The molecule has 0 spiro atoms. The van der Waals surface area contributed by atoms with Gasteiger partial charge in [0.15, 0.2) is 11.5 Å². The number of nitrogens with one attached hydrogen (secondary N) is 1. The molecule has 0 amide bonds. The van der Waals surface area contributed by atoms with E-state index in [-0.39, 0.29) is 17.2 Å². The molecule has 0 atom stereocenters. The molecule has 0 bridgehead atoms. The van der Waals surface area contributed by atoms with Crippen LogP contribution in [0.4, 0.5) is 0 Å². The maximum absolute atomic E-state index is 12.2. The Morgan fingerprint density at radius 1 is 1.38 bits per heavy atom. The van der Waals surface area contributed by atoms with Gasteiger partial charge in [0.1, 0.15) is 5.82 Å². The first-order chi connectivity index (χ1) is 9.93. The van der Waals surface area contributed by atoms with E-state index in [1.807, 2.05) is 27.7 Å². The summed E-state index contributed by atoms with van der Waals surface area (Å²) in [5.41, 5.74) is 1.99. The summed E-state index contributed by atoms with van der Waals surface area (Å²) in [6, 6.07) is 4.90. The molecule has 2 N–H and O–H groups in total. The molecular formula is C16H20N2O3. The number of nitrogens with zero attached hydrogens (tertiary/aromatic N) is 1. The Kier molecular flexibility index (Phi) is 4.31. The molecule has 1 aromatic carbocycles. The monoisotopic (exact) mass is 288 g/mol. The maximum Gasteiger partial charge on any atom is 0.254 e. The first-order valence-electron chi connectivity index (χ1n) is 7.01. The molecule has 0 saturated carbocycles. The quantitative estimate of drug-likeness (QED) is 0.907. The molecule has 21 heavy (non-hydrogen) atoms. The first kappa shape index (κ1) is 15.1. The van der Waals surface area contributed by atoms with Crippen LogP contribution in [0.25, 0.3) is 11.4 Å². The van der Waals surface area contributed by atoms with Gasteiger partial charge < -0.3 is 14.8 Å². The number of benzene rings is 1. The lowest BCUT2D eigenvalue weighted by Crippen LogP contribution is -2.18. The minimum atomic E-state index is -0.126. The van der Waals surface area contributed by atoms with Crippen molar-refractivity contribution in [3.8, 4) is 22.9 Å². The Morgan fingerprint density at radius 2 is 2.10 bits per heavy atom. The number of H-pyrrole nitrogens is 1. The molecule has 2 rings (SSSR count). The van der Waals surface area contributed by atoms with E-state index < -0.39 is 0 Å². The standard InChI is InChI=1S/C16H20N2O3/c1-5-21-13-8-11(6-7-12(13)19)15-17-10(4)14(9(2)3)16(20)18-15/h6-9,19H,5H2,1-4H3,(H,17,18,20). The topological polar surface area (TPSA) is 75.2 Å². The van der Waals surface area contributed by atoms with Gasteiger partial charge >= 0.3 is 0 Å². The van der Waals surface area contributed by atoms with Crippen LogP contribution in [0.2, 0.25) is 0 Å². The zero-order valence-electron chi connectivity index (χ0n) is 12.7. The lowest BCUT2D eigenvalue weighted by molar-refractivity contribution is 0.318. The van der Waals surface area contributed by atoms with Crippen LogP contribution in [0.15, 0.2) is 23.0 Å². The lowest BCUT2D eigenvalue weighted by Gasteiger charge is -2.11. The van der Waals surface area contributed by atoms with Crippen molar-refractivity contribution >= 4 is 0 Å². The fourth-order valence-corrected chi connectivity index (χ4v) is 2.34. The fraction of sp³-hybridized carbons (Fsp3) is 0.375. The van der Waals surface area contributed by atoms with E-state index in [9.17, 15) is 9.90 Å². The summed E-state index contributed by atoms with van der Waals surface area (Å²) in [5, 5.41) is 9.72. The molecule has 5 heteroatoms. The average Bonchev–Trinajstić information content (AvgIpc) is 2.40. The predicted octanol–water partition coefficient (Wildman–Crippen LogP) is 2.97. The van der Waals surface area contributed by atoms with E-state index in [4.69, 9.17) is 4.74 Å². The Balaban J connectivity index is 2.53. The number of aromatic nitrogens is 2. The number of aromatic amines is 1. The van der Waals surface area contributed by atoms with Crippen LogP contribution in [-0.2, 0) is 0 Å². The van der Waals surface area contributed by atoms with E-state index in [0.29, 0.717) is 29.3 Å². The van der Waals surface area contributed by atoms with E-state index in [1.54, 1.807) is 12.1 Å². The summed E-state index contributed by atoms with van der Waals surface area (Å²) < 4.78 is 5.35. The molecule has 0 fully saturated rings. The van der Waals surface area contributed by atoms with Crippen molar-refractivity contribution in [1.29, 1.82) is 0 Å². The molecule has 1 aromatic heterocycles. The maximum atomic E-state index is 12.2. The van der Waals surface area contributed by atoms with Crippen molar-refractivity contribution in [3.05, 3.63) is 39.8 Å². The van der Waals surface area contributed by atoms with Gasteiger partial charge in [-0.05, 0) is 38.0 Å². The summed E-state index contributed by atoms with van der Waals surface area (Å²) in [4.78, 5) is 19.4. The van der Waals surface area contributed by atoms with E-state index >= 15 is 0 Å². The second-order valence-corrected chi connectivity index (χ2v) is 5.18. The van der Waals surface area contributed by atoms with Gasteiger partial charge in [-0.2, -0.15) is 0 Å². The molecule has 1 heterocycles. The molecule has 0 aliphatic carbocycles. The first-order valence-corrected chi connectivity index (χ1v) is 7.01. The SMILES string of the molecule is CCOc1cc(-c2nc(C)c(C(C)C)c(=O)[nH]2)ccc1O. The summed E-state index contributed by atoms with van der Waals surface area (Å²) >= 11 is 0. The second kappa shape index (κ2) is 5.99. The van der Waals surface area contributed by atoms with Crippen LogP contribution in [0.1, 0.15) is 37.9 Å². The zero-order chi connectivity index (χ0) is 15.6. The Hall–Kier alpha value is -2.30. The Bertz CT molecular complexity index is 705. The third-order valence-corrected chi connectivity index (χ3v) is 3.26. The smallest absolute Gasteiger partial charge is 0.254 e. The van der Waals surface area contributed by atoms with E-state index in [1.165, 1.54) is 6.07 Å². The van der Waals surface area contributed by atoms with Crippen LogP contribution in [-0.4, -0.2) is 21.7 Å². The molecule has 0 aliphatic rings. The van der Waals surface area contributed by atoms with Gasteiger partial charge in [-0.25, -0.2) is 4.98 Å². The fourth-order valence-electron chi connectivity index (χ4n) is 2.34. The molecule has 112 valence electrons. The Morgan fingerprint density at radius 3 is 2.67 bits per heavy atom. The van der Waals surface area contributed by atoms with Crippen LogP contribution in [0.3, 0.4) is 0 Å². The Labute approximate surface area is 123 Å². The average molecular weight is 288 g/mol. The van der Waals surface area contributed by atoms with Gasteiger partial charge in [0, 0.05) is 16.8 Å². The van der Waals surface area contributed by atoms with Gasteiger partial charge in [-0.3, -0.25) is 4.79 Å². The predicted molar refractivity (Wildman–Crippen MR) is 82.0 cm³/mol. The molecular weight excluding hydrogens is 268 g/mol. The van der Waals surface area contributed by atoms with Crippen molar-refractivity contribution in [2.45, 2.75) is 33.6 Å². The molecule has 5 nitrogen and oxygen atoms in total. The zero-order valence-corrected chi connectivity index (χ0v) is 12.7. The highest BCUT2D eigenvalue weighted by molar-refractivity contribution is 5.61. The number of phenols is 1. The number of hydrogen-bond acceptors (Lipinski definition) is 4. The highest BCUT2D eigenvalue weighted by Crippen LogP contribution is 2.30. The molecule has 0 unspecified atom stereocenters. The van der Waals surface area contributed by atoms with Crippen molar-refractivity contribution < 1.29 is 9.84 Å². The highest BCUT2D eigenvalue weighted by Gasteiger charge is 2.13. The van der Waals surface area contributed by atoms with Crippen molar-refractivity contribution in [2.24, 2.45) is 0 Å².